The Balaban J connectivity index is 1.30. The van der Waals surface area contributed by atoms with E-state index in [4.69, 9.17) is 19.4 Å². The number of anilines is 3. The lowest BCUT2D eigenvalue weighted by molar-refractivity contribution is -0.000372. The predicted molar refractivity (Wildman–Crippen MR) is 133 cm³/mol. The first kappa shape index (κ1) is 21.7. The predicted octanol–water partition coefficient (Wildman–Crippen LogP) is 3.50. The summed E-state index contributed by atoms with van der Waals surface area (Å²) in [6, 6.07) is 7.93. The van der Waals surface area contributed by atoms with E-state index in [1.807, 2.05) is 44.4 Å². The van der Waals surface area contributed by atoms with Gasteiger partial charge in [-0.25, -0.2) is 19.6 Å². The van der Waals surface area contributed by atoms with Crippen LogP contribution in [0.3, 0.4) is 0 Å². The Labute approximate surface area is 203 Å². The number of nitrogens with one attached hydrogen (secondary N) is 1. The van der Waals surface area contributed by atoms with E-state index in [2.05, 4.69) is 25.5 Å². The van der Waals surface area contributed by atoms with Gasteiger partial charge in [-0.1, -0.05) is 11.3 Å². The van der Waals surface area contributed by atoms with Crippen molar-refractivity contribution >= 4 is 28.4 Å². The summed E-state index contributed by atoms with van der Waals surface area (Å²) in [5.41, 5.74) is 4.80. The van der Waals surface area contributed by atoms with Crippen LogP contribution >= 0.6 is 0 Å². The third kappa shape index (κ3) is 3.93. The van der Waals surface area contributed by atoms with E-state index < -0.39 is 0 Å². The monoisotopic (exact) mass is 472 g/mol. The molecule has 3 aromatic heterocycles. The number of hydrogen-bond donors (Lipinski definition) is 1. The molecule has 0 saturated carbocycles. The molecule has 2 saturated heterocycles. The van der Waals surface area contributed by atoms with Crippen LogP contribution in [0.15, 0.2) is 36.7 Å². The van der Waals surface area contributed by atoms with E-state index in [1.54, 1.807) is 18.0 Å². The number of hydrogen-bond acceptors (Lipinski definition) is 9. The molecular formula is C25H28N8O2. The van der Waals surface area contributed by atoms with Gasteiger partial charge in [-0.15, -0.1) is 5.10 Å². The summed E-state index contributed by atoms with van der Waals surface area (Å²) in [5.74, 6) is 2.10. The second-order valence-electron chi connectivity index (χ2n) is 9.47. The molecule has 0 bridgehead atoms. The molecule has 6 rings (SSSR count). The molecular weight excluding hydrogens is 444 g/mol. The zero-order chi connectivity index (χ0) is 24.0. The molecule has 180 valence electrons. The van der Waals surface area contributed by atoms with Gasteiger partial charge in [0.05, 0.1) is 24.7 Å². The van der Waals surface area contributed by atoms with Crippen LogP contribution in [0.2, 0.25) is 0 Å². The summed E-state index contributed by atoms with van der Waals surface area (Å²) in [6.45, 7) is 5.70. The number of benzene rings is 1. The first-order chi connectivity index (χ1) is 17.0. The normalized spacial score (nSPS) is 16.9. The lowest BCUT2D eigenvalue weighted by Gasteiger charge is -2.52. The van der Waals surface area contributed by atoms with Crippen molar-refractivity contribution in [2.24, 2.45) is 12.5 Å². The summed E-state index contributed by atoms with van der Waals surface area (Å²) in [5, 5.41) is 12.3. The van der Waals surface area contributed by atoms with Gasteiger partial charge in [-0.3, -0.25) is 0 Å². The molecule has 1 N–H and O–H groups in total. The molecule has 2 aliphatic rings. The van der Waals surface area contributed by atoms with Gasteiger partial charge in [0, 0.05) is 61.6 Å². The van der Waals surface area contributed by atoms with Crippen molar-refractivity contribution in [3.05, 3.63) is 42.4 Å². The number of pyridine rings is 1. The molecule has 10 heteroatoms. The van der Waals surface area contributed by atoms with Crippen LogP contribution < -0.4 is 15.0 Å². The van der Waals surface area contributed by atoms with Crippen LogP contribution in [0.25, 0.3) is 22.2 Å². The molecule has 0 atom stereocenters. The molecule has 0 amide bonds. The molecule has 1 spiro atoms. The van der Waals surface area contributed by atoms with Gasteiger partial charge >= 0.3 is 0 Å². The van der Waals surface area contributed by atoms with Crippen LogP contribution in [0.4, 0.5) is 17.5 Å². The van der Waals surface area contributed by atoms with Crippen molar-refractivity contribution in [3.63, 3.8) is 0 Å². The largest absolute Gasteiger partial charge is 0.495 e. The van der Waals surface area contributed by atoms with Gasteiger partial charge in [0.25, 0.3) is 0 Å². The average Bonchev–Trinajstić information content (AvgIpc) is 3.28. The van der Waals surface area contributed by atoms with E-state index in [0.29, 0.717) is 17.1 Å². The number of fused-ring (bicyclic) bond motifs is 1. The van der Waals surface area contributed by atoms with Gasteiger partial charge in [-0.2, -0.15) is 0 Å². The minimum absolute atomic E-state index is 0.350. The first-order valence-electron chi connectivity index (χ1n) is 11.8. The maximum Gasteiger partial charge on any atom is 0.227 e. The van der Waals surface area contributed by atoms with Crippen LogP contribution in [0.1, 0.15) is 18.5 Å². The number of ether oxygens (including phenoxy) is 2. The number of aromatic nitrogens is 6. The SMILES string of the molecule is COc1cc(-c2cnnn2C)ccc1Nc1ncc2cc(C)nc(N3CC4(CCOCC4)C3)c2n1. The van der Waals surface area contributed by atoms with Crippen LogP contribution in [-0.4, -0.2) is 63.4 Å². The summed E-state index contributed by atoms with van der Waals surface area (Å²) < 4.78 is 13.0. The van der Waals surface area contributed by atoms with Crippen molar-refractivity contribution in [2.45, 2.75) is 19.8 Å². The molecule has 2 fully saturated rings. The minimum Gasteiger partial charge on any atom is -0.495 e. The van der Waals surface area contributed by atoms with Gasteiger partial charge in [0.1, 0.15) is 11.3 Å². The Morgan fingerprint density at radius 3 is 2.66 bits per heavy atom. The van der Waals surface area contributed by atoms with Gasteiger partial charge < -0.3 is 19.7 Å². The first-order valence-corrected chi connectivity index (χ1v) is 11.8. The van der Waals surface area contributed by atoms with Crippen molar-refractivity contribution in [3.8, 4) is 17.0 Å². The molecule has 4 aromatic rings. The van der Waals surface area contributed by atoms with Crippen LogP contribution in [0.5, 0.6) is 5.75 Å². The van der Waals surface area contributed by atoms with Gasteiger partial charge in [-0.05, 0) is 38.0 Å². The maximum atomic E-state index is 5.65. The standard InChI is InChI=1S/C25H28N8O2/c1-16-10-18-12-26-24(29-19-5-4-17(11-21(19)34-3)20-13-27-31-32(20)2)30-22(18)23(28-16)33-14-25(15-33)6-8-35-9-7-25/h4-5,10-13H,6-9,14-15H2,1-3H3,(H,26,29,30). The minimum atomic E-state index is 0.350. The summed E-state index contributed by atoms with van der Waals surface area (Å²) >= 11 is 0. The Morgan fingerprint density at radius 1 is 1.09 bits per heavy atom. The van der Waals surface area contributed by atoms with Gasteiger partial charge in [0.2, 0.25) is 5.95 Å². The molecule has 0 radical (unpaired) electrons. The molecule has 35 heavy (non-hydrogen) atoms. The second kappa shape index (κ2) is 8.46. The quantitative estimate of drug-likeness (QED) is 0.467. The maximum absolute atomic E-state index is 5.65. The Hall–Kier alpha value is -3.79. The highest BCUT2D eigenvalue weighted by Gasteiger charge is 2.45. The summed E-state index contributed by atoms with van der Waals surface area (Å²) in [6.07, 6.45) is 5.81. The summed E-state index contributed by atoms with van der Waals surface area (Å²) in [4.78, 5) is 16.7. The van der Waals surface area contributed by atoms with Crippen LogP contribution in [0, 0.1) is 12.3 Å². The zero-order valence-corrected chi connectivity index (χ0v) is 20.2. The molecule has 2 aliphatic heterocycles. The molecule has 10 nitrogen and oxygen atoms in total. The number of aryl methyl sites for hydroxylation is 2. The Kier molecular flexibility index (Phi) is 5.25. The fourth-order valence-corrected chi connectivity index (χ4v) is 5.09. The van der Waals surface area contributed by atoms with E-state index >= 15 is 0 Å². The molecule has 0 unspecified atom stereocenters. The highest BCUT2D eigenvalue weighted by Crippen LogP contribution is 2.43. The lowest BCUT2D eigenvalue weighted by atomic mass is 9.73. The van der Waals surface area contributed by atoms with Gasteiger partial charge in [0.15, 0.2) is 5.82 Å². The third-order valence-electron chi connectivity index (χ3n) is 7.04. The van der Waals surface area contributed by atoms with E-state index in [0.717, 1.165) is 78.5 Å². The van der Waals surface area contributed by atoms with E-state index in [-0.39, 0.29) is 0 Å². The number of nitrogens with zero attached hydrogens (tertiary/aromatic N) is 7. The highest BCUT2D eigenvalue weighted by atomic mass is 16.5. The van der Waals surface area contributed by atoms with Crippen molar-refractivity contribution < 1.29 is 9.47 Å². The number of rotatable bonds is 5. The summed E-state index contributed by atoms with van der Waals surface area (Å²) in [7, 11) is 3.51. The molecule has 5 heterocycles. The lowest BCUT2D eigenvalue weighted by Crippen LogP contribution is -2.59. The Bertz CT molecular complexity index is 1390. The fraction of sp³-hybridized carbons (Fsp3) is 0.400. The fourth-order valence-electron chi connectivity index (χ4n) is 5.09. The molecule has 1 aromatic carbocycles. The Morgan fingerprint density at radius 2 is 1.91 bits per heavy atom. The van der Waals surface area contributed by atoms with E-state index in [9.17, 15) is 0 Å². The van der Waals surface area contributed by atoms with Crippen molar-refractivity contribution in [1.29, 1.82) is 0 Å². The second-order valence-corrected chi connectivity index (χ2v) is 9.47. The zero-order valence-electron chi connectivity index (χ0n) is 20.2. The average molecular weight is 473 g/mol. The topological polar surface area (TPSA) is 103 Å². The third-order valence-corrected chi connectivity index (χ3v) is 7.04. The smallest absolute Gasteiger partial charge is 0.227 e. The van der Waals surface area contributed by atoms with E-state index in [1.165, 1.54) is 0 Å². The van der Waals surface area contributed by atoms with Crippen molar-refractivity contribution in [1.82, 2.24) is 29.9 Å². The van der Waals surface area contributed by atoms with Crippen LogP contribution in [-0.2, 0) is 11.8 Å². The molecule has 0 aliphatic carbocycles. The number of methoxy groups -OCH3 is 1. The van der Waals surface area contributed by atoms with Crippen molar-refractivity contribution in [2.75, 3.05) is 43.6 Å². The highest BCUT2D eigenvalue weighted by molar-refractivity contribution is 5.90.